The second-order valence-electron chi connectivity index (χ2n) is 4.53. The van der Waals surface area contributed by atoms with Crippen LogP contribution in [0.3, 0.4) is 0 Å². The molecule has 0 unspecified atom stereocenters. The number of nitrogens with zero attached hydrogens (tertiary/aromatic N) is 2. The van der Waals surface area contributed by atoms with E-state index in [2.05, 4.69) is 17.9 Å². The molecule has 0 saturated heterocycles. The van der Waals surface area contributed by atoms with E-state index in [0.29, 0.717) is 10.6 Å². The molecule has 0 atom stereocenters. The van der Waals surface area contributed by atoms with Gasteiger partial charge in [0, 0.05) is 18.8 Å². The van der Waals surface area contributed by atoms with E-state index in [9.17, 15) is 0 Å². The molecule has 0 heterocycles. The predicted octanol–water partition coefficient (Wildman–Crippen LogP) is 3.82. The third-order valence-corrected chi connectivity index (χ3v) is 3.46. The van der Waals surface area contributed by atoms with E-state index in [0.717, 1.165) is 24.5 Å². The minimum absolute atomic E-state index is 0.572. The molecule has 0 spiro atoms. The number of nitrogens with two attached hydrogens (primary N) is 1. The van der Waals surface area contributed by atoms with Crippen molar-refractivity contribution in [2.24, 2.45) is 0 Å². The van der Waals surface area contributed by atoms with Crippen molar-refractivity contribution in [3.05, 3.63) is 58.6 Å². The standard InChI is InChI=1S/C16H16ClN3/c1-2-20(11-12-3-6-14(19)7-4-12)16-8-5-13(10-18)9-15(16)17/h3-9H,2,11,19H2,1H3. The van der Waals surface area contributed by atoms with Gasteiger partial charge >= 0.3 is 0 Å². The Morgan fingerprint density at radius 2 is 1.90 bits per heavy atom. The van der Waals surface area contributed by atoms with Crippen LogP contribution in [0.25, 0.3) is 0 Å². The van der Waals surface area contributed by atoms with Crippen LogP contribution < -0.4 is 10.6 Å². The number of rotatable bonds is 4. The monoisotopic (exact) mass is 285 g/mol. The van der Waals surface area contributed by atoms with Crippen LogP contribution in [0.15, 0.2) is 42.5 Å². The van der Waals surface area contributed by atoms with Gasteiger partial charge in [0.1, 0.15) is 0 Å². The van der Waals surface area contributed by atoms with Crippen LogP contribution in [0.1, 0.15) is 18.1 Å². The highest BCUT2D eigenvalue weighted by Gasteiger charge is 2.10. The number of hydrogen-bond acceptors (Lipinski definition) is 3. The summed E-state index contributed by atoms with van der Waals surface area (Å²) in [6.07, 6.45) is 0. The number of benzene rings is 2. The molecule has 0 aliphatic carbocycles. The molecule has 2 aromatic rings. The third kappa shape index (κ3) is 3.23. The first-order valence-corrected chi connectivity index (χ1v) is 6.81. The van der Waals surface area contributed by atoms with E-state index in [1.165, 1.54) is 5.56 Å². The zero-order chi connectivity index (χ0) is 14.5. The van der Waals surface area contributed by atoms with Crippen LogP contribution in [0.5, 0.6) is 0 Å². The third-order valence-electron chi connectivity index (χ3n) is 3.15. The first-order chi connectivity index (χ1) is 9.63. The van der Waals surface area contributed by atoms with Crippen LogP contribution in [0.2, 0.25) is 5.02 Å². The van der Waals surface area contributed by atoms with Crippen LogP contribution in [-0.4, -0.2) is 6.54 Å². The predicted molar refractivity (Wildman–Crippen MR) is 83.7 cm³/mol. The Hall–Kier alpha value is -2.18. The number of hydrogen-bond donors (Lipinski definition) is 1. The topological polar surface area (TPSA) is 53.0 Å². The number of anilines is 2. The lowest BCUT2D eigenvalue weighted by Gasteiger charge is -2.24. The molecule has 0 fully saturated rings. The number of nitrogen functional groups attached to an aromatic ring is 1. The van der Waals surface area contributed by atoms with E-state index in [-0.39, 0.29) is 0 Å². The fourth-order valence-corrected chi connectivity index (χ4v) is 2.34. The second kappa shape index (κ2) is 6.31. The molecule has 2 N–H and O–H groups in total. The highest BCUT2D eigenvalue weighted by Crippen LogP contribution is 2.28. The van der Waals surface area contributed by atoms with Gasteiger partial charge in [0.15, 0.2) is 0 Å². The molecular weight excluding hydrogens is 270 g/mol. The molecule has 0 amide bonds. The zero-order valence-electron chi connectivity index (χ0n) is 11.3. The van der Waals surface area contributed by atoms with E-state index < -0.39 is 0 Å². The number of halogens is 1. The minimum atomic E-state index is 0.572. The summed E-state index contributed by atoms with van der Waals surface area (Å²) in [5, 5.41) is 9.47. The summed E-state index contributed by atoms with van der Waals surface area (Å²) in [4.78, 5) is 2.16. The van der Waals surface area contributed by atoms with Gasteiger partial charge in [-0.2, -0.15) is 5.26 Å². The molecule has 0 aliphatic heterocycles. The first-order valence-electron chi connectivity index (χ1n) is 6.43. The Bertz CT molecular complexity index is 629. The Labute approximate surface area is 124 Å². The normalized spacial score (nSPS) is 10.1. The first kappa shape index (κ1) is 14.2. The molecule has 2 aromatic carbocycles. The summed E-state index contributed by atoms with van der Waals surface area (Å²) >= 11 is 6.26. The minimum Gasteiger partial charge on any atom is -0.399 e. The van der Waals surface area contributed by atoms with Crippen molar-refractivity contribution < 1.29 is 0 Å². The summed E-state index contributed by atoms with van der Waals surface area (Å²) in [5.41, 5.74) is 9.12. The molecule has 20 heavy (non-hydrogen) atoms. The highest BCUT2D eigenvalue weighted by molar-refractivity contribution is 6.33. The lowest BCUT2D eigenvalue weighted by molar-refractivity contribution is 0.832. The van der Waals surface area contributed by atoms with Crippen molar-refractivity contribution in [2.45, 2.75) is 13.5 Å². The summed E-state index contributed by atoms with van der Waals surface area (Å²) in [5.74, 6) is 0. The van der Waals surface area contributed by atoms with Crippen molar-refractivity contribution in [1.82, 2.24) is 0 Å². The molecular formula is C16H16ClN3. The van der Waals surface area contributed by atoms with Crippen molar-refractivity contribution in [1.29, 1.82) is 5.26 Å². The van der Waals surface area contributed by atoms with Crippen molar-refractivity contribution in [2.75, 3.05) is 17.2 Å². The van der Waals surface area contributed by atoms with Gasteiger partial charge in [-0.05, 0) is 42.8 Å². The van der Waals surface area contributed by atoms with Gasteiger partial charge in [0.2, 0.25) is 0 Å². The maximum absolute atomic E-state index is 8.88. The van der Waals surface area contributed by atoms with E-state index >= 15 is 0 Å². The fraction of sp³-hybridized carbons (Fsp3) is 0.188. The summed E-state index contributed by atoms with van der Waals surface area (Å²) in [7, 11) is 0. The average Bonchev–Trinajstić information content (AvgIpc) is 2.47. The lowest BCUT2D eigenvalue weighted by Crippen LogP contribution is -2.22. The van der Waals surface area contributed by atoms with Gasteiger partial charge in [0.25, 0.3) is 0 Å². The van der Waals surface area contributed by atoms with Crippen LogP contribution in [0, 0.1) is 11.3 Å². The van der Waals surface area contributed by atoms with Gasteiger partial charge in [-0.1, -0.05) is 23.7 Å². The Balaban J connectivity index is 2.24. The van der Waals surface area contributed by atoms with Crippen molar-refractivity contribution in [3.63, 3.8) is 0 Å². The average molecular weight is 286 g/mol. The zero-order valence-corrected chi connectivity index (χ0v) is 12.1. The van der Waals surface area contributed by atoms with Gasteiger partial charge in [0.05, 0.1) is 22.3 Å². The molecule has 4 heteroatoms. The molecule has 0 saturated carbocycles. The molecule has 3 nitrogen and oxygen atoms in total. The second-order valence-corrected chi connectivity index (χ2v) is 4.94. The van der Waals surface area contributed by atoms with Crippen LogP contribution in [0.4, 0.5) is 11.4 Å². The molecule has 2 rings (SSSR count). The van der Waals surface area contributed by atoms with E-state index in [1.54, 1.807) is 12.1 Å². The summed E-state index contributed by atoms with van der Waals surface area (Å²) < 4.78 is 0. The van der Waals surface area contributed by atoms with Crippen molar-refractivity contribution in [3.8, 4) is 6.07 Å². The molecule has 0 bridgehead atoms. The van der Waals surface area contributed by atoms with E-state index in [4.69, 9.17) is 22.6 Å². The van der Waals surface area contributed by atoms with Crippen LogP contribution in [-0.2, 0) is 6.54 Å². The quantitative estimate of drug-likeness (QED) is 0.869. The lowest BCUT2D eigenvalue weighted by atomic mass is 10.1. The maximum Gasteiger partial charge on any atom is 0.0992 e. The molecule has 0 aromatic heterocycles. The highest BCUT2D eigenvalue weighted by atomic mass is 35.5. The maximum atomic E-state index is 8.88. The van der Waals surface area contributed by atoms with Crippen molar-refractivity contribution >= 4 is 23.0 Å². The largest absolute Gasteiger partial charge is 0.399 e. The van der Waals surface area contributed by atoms with E-state index in [1.807, 2.05) is 30.3 Å². The smallest absolute Gasteiger partial charge is 0.0992 e. The number of nitriles is 1. The van der Waals surface area contributed by atoms with Gasteiger partial charge in [-0.3, -0.25) is 0 Å². The van der Waals surface area contributed by atoms with Gasteiger partial charge in [-0.15, -0.1) is 0 Å². The Kier molecular flexibility index (Phi) is 4.49. The van der Waals surface area contributed by atoms with Gasteiger partial charge < -0.3 is 10.6 Å². The fourth-order valence-electron chi connectivity index (χ4n) is 2.04. The molecule has 102 valence electrons. The SMILES string of the molecule is CCN(Cc1ccc(N)cc1)c1ccc(C#N)cc1Cl. The van der Waals surface area contributed by atoms with Crippen LogP contribution >= 0.6 is 11.6 Å². The Morgan fingerprint density at radius 3 is 2.45 bits per heavy atom. The molecule has 0 aliphatic rings. The molecule has 0 radical (unpaired) electrons. The summed E-state index contributed by atoms with van der Waals surface area (Å²) in [6.45, 7) is 3.66. The van der Waals surface area contributed by atoms with Gasteiger partial charge in [-0.25, -0.2) is 0 Å². The summed E-state index contributed by atoms with van der Waals surface area (Å²) in [6, 6.07) is 15.3. The Morgan fingerprint density at radius 1 is 1.20 bits per heavy atom.